The number of pyridine rings is 1. The summed E-state index contributed by atoms with van der Waals surface area (Å²) in [5, 5.41) is 9.48. The molecule has 0 bridgehead atoms. The monoisotopic (exact) mass is 383 g/mol. The third-order valence-electron chi connectivity index (χ3n) is 6.30. The Hall–Kier alpha value is -2.67. The predicted molar refractivity (Wildman–Crippen MR) is 104 cm³/mol. The van der Waals surface area contributed by atoms with Crippen molar-refractivity contribution in [3.8, 4) is 0 Å². The Labute approximate surface area is 161 Å². The van der Waals surface area contributed by atoms with Crippen molar-refractivity contribution in [2.75, 3.05) is 18.0 Å². The zero-order valence-corrected chi connectivity index (χ0v) is 15.4. The van der Waals surface area contributed by atoms with Gasteiger partial charge in [-0.1, -0.05) is 6.08 Å². The number of rotatable bonds is 3. The van der Waals surface area contributed by atoms with Crippen LogP contribution in [-0.4, -0.2) is 34.8 Å². The largest absolute Gasteiger partial charge is 0.477 e. The van der Waals surface area contributed by atoms with Gasteiger partial charge in [-0.3, -0.25) is 4.79 Å². The number of halogens is 1. The Bertz CT molecular complexity index is 1090. The summed E-state index contributed by atoms with van der Waals surface area (Å²) in [6, 6.07) is 3.17. The van der Waals surface area contributed by atoms with Crippen molar-refractivity contribution in [1.29, 1.82) is 0 Å². The van der Waals surface area contributed by atoms with E-state index in [1.54, 1.807) is 6.07 Å². The van der Waals surface area contributed by atoms with Gasteiger partial charge < -0.3 is 20.3 Å². The smallest absolute Gasteiger partial charge is 0.341 e. The SMILES string of the molecule is NC1CCC=C2CN(c3cc4c(cc3F)c(=O)c(C(=O)O)cn4C3CC3)CC21. The molecule has 0 spiro atoms. The van der Waals surface area contributed by atoms with Crippen LogP contribution < -0.4 is 16.1 Å². The average molecular weight is 383 g/mol. The zero-order chi connectivity index (χ0) is 19.6. The molecule has 2 aromatic rings. The number of nitrogens with two attached hydrogens (primary N) is 1. The molecule has 1 saturated heterocycles. The number of hydrogen-bond acceptors (Lipinski definition) is 4. The number of carboxylic acids is 1. The number of aromatic nitrogens is 1. The van der Waals surface area contributed by atoms with Gasteiger partial charge in [0, 0.05) is 42.7 Å². The molecule has 0 amide bonds. The lowest BCUT2D eigenvalue weighted by molar-refractivity contribution is 0.0695. The molecule has 3 aliphatic rings. The Kier molecular flexibility index (Phi) is 3.84. The second-order valence-corrected chi connectivity index (χ2v) is 8.14. The Morgan fingerprint density at radius 1 is 1.25 bits per heavy atom. The third kappa shape index (κ3) is 2.64. The van der Waals surface area contributed by atoms with Gasteiger partial charge in [0.05, 0.1) is 11.2 Å². The standard InChI is InChI=1S/C21H22FN3O3/c22-16-6-13-18(25(12-4-5-12)10-15(20(13)26)21(27)28)7-19(16)24-8-11-2-1-3-17(23)14(11)9-24/h2,6-7,10,12,14,17H,1,3-5,8-9,23H2,(H,27,28). The van der Waals surface area contributed by atoms with Gasteiger partial charge in [0.2, 0.25) is 5.43 Å². The van der Waals surface area contributed by atoms with E-state index in [1.807, 2.05) is 9.47 Å². The van der Waals surface area contributed by atoms with Crippen molar-refractivity contribution in [3.63, 3.8) is 0 Å². The highest BCUT2D eigenvalue weighted by atomic mass is 19.1. The van der Waals surface area contributed by atoms with Gasteiger partial charge >= 0.3 is 5.97 Å². The Morgan fingerprint density at radius 2 is 2.04 bits per heavy atom. The molecule has 2 atom stereocenters. The Balaban J connectivity index is 1.65. The van der Waals surface area contributed by atoms with Gasteiger partial charge in [0.25, 0.3) is 0 Å². The van der Waals surface area contributed by atoms with E-state index in [1.165, 1.54) is 17.8 Å². The quantitative estimate of drug-likeness (QED) is 0.796. The van der Waals surface area contributed by atoms with Crippen LogP contribution >= 0.6 is 0 Å². The molecular weight excluding hydrogens is 361 g/mol. The molecule has 1 saturated carbocycles. The summed E-state index contributed by atoms with van der Waals surface area (Å²) in [7, 11) is 0. The summed E-state index contributed by atoms with van der Waals surface area (Å²) in [6.45, 7) is 1.30. The molecule has 2 unspecified atom stereocenters. The fourth-order valence-electron chi connectivity index (χ4n) is 4.64. The summed E-state index contributed by atoms with van der Waals surface area (Å²) < 4.78 is 16.9. The van der Waals surface area contributed by atoms with Crippen LogP contribution in [0.1, 0.15) is 42.1 Å². The summed E-state index contributed by atoms with van der Waals surface area (Å²) in [5.74, 6) is -1.54. The lowest BCUT2D eigenvalue weighted by atomic mass is 9.86. The summed E-state index contributed by atoms with van der Waals surface area (Å²) in [5.41, 5.74) is 7.63. The van der Waals surface area contributed by atoms with Crippen LogP contribution in [0, 0.1) is 11.7 Å². The van der Waals surface area contributed by atoms with Crippen LogP contribution in [0.3, 0.4) is 0 Å². The van der Waals surface area contributed by atoms with E-state index in [0.717, 1.165) is 25.7 Å². The van der Waals surface area contributed by atoms with Crippen molar-refractivity contribution in [3.05, 3.63) is 51.6 Å². The highest BCUT2D eigenvalue weighted by Crippen LogP contribution is 2.39. The van der Waals surface area contributed by atoms with Crippen LogP contribution in [0.25, 0.3) is 10.9 Å². The van der Waals surface area contributed by atoms with Crippen LogP contribution in [0.5, 0.6) is 0 Å². The van der Waals surface area contributed by atoms with Gasteiger partial charge in [-0.25, -0.2) is 9.18 Å². The van der Waals surface area contributed by atoms with E-state index < -0.39 is 17.2 Å². The highest BCUT2D eigenvalue weighted by Gasteiger charge is 2.35. The third-order valence-corrected chi connectivity index (χ3v) is 6.30. The number of nitrogens with zero attached hydrogens (tertiary/aromatic N) is 2. The molecular formula is C21H22FN3O3. The number of carboxylic acid groups (broad SMARTS) is 1. The number of carbonyl (C=O) groups is 1. The number of benzene rings is 1. The van der Waals surface area contributed by atoms with Crippen LogP contribution in [-0.2, 0) is 0 Å². The maximum Gasteiger partial charge on any atom is 0.341 e. The first-order valence-electron chi connectivity index (χ1n) is 9.75. The van der Waals surface area contributed by atoms with E-state index in [-0.39, 0.29) is 29.0 Å². The minimum Gasteiger partial charge on any atom is -0.477 e. The molecule has 3 N–H and O–H groups in total. The number of aromatic carboxylic acids is 1. The van der Waals surface area contributed by atoms with Gasteiger partial charge in [0.15, 0.2) is 0 Å². The molecule has 146 valence electrons. The first-order chi connectivity index (χ1) is 13.4. The maximum absolute atomic E-state index is 15.0. The van der Waals surface area contributed by atoms with E-state index in [2.05, 4.69) is 6.08 Å². The number of allylic oxidation sites excluding steroid dienone is 1. The number of hydrogen-bond donors (Lipinski definition) is 2. The minimum absolute atomic E-state index is 0.0938. The molecule has 0 radical (unpaired) electrons. The molecule has 2 aliphatic carbocycles. The van der Waals surface area contributed by atoms with E-state index in [0.29, 0.717) is 24.3 Å². The fourth-order valence-corrected chi connectivity index (χ4v) is 4.64. The van der Waals surface area contributed by atoms with E-state index >= 15 is 4.39 Å². The van der Waals surface area contributed by atoms with Gasteiger partial charge in [-0.2, -0.15) is 0 Å². The molecule has 1 aromatic heterocycles. The number of fused-ring (bicyclic) bond motifs is 2. The second-order valence-electron chi connectivity index (χ2n) is 8.14. The van der Waals surface area contributed by atoms with Crippen molar-refractivity contribution in [2.45, 2.75) is 37.8 Å². The lowest BCUT2D eigenvalue weighted by Crippen LogP contribution is -2.34. The van der Waals surface area contributed by atoms with E-state index in [9.17, 15) is 14.7 Å². The molecule has 6 nitrogen and oxygen atoms in total. The molecule has 7 heteroatoms. The van der Waals surface area contributed by atoms with Crippen molar-refractivity contribution < 1.29 is 14.3 Å². The molecule has 28 heavy (non-hydrogen) atoms. The first-order valence-corrected chi connectivity index (χ1v) is 9.75. The molecule has 2 heterocycles. The molecule has 1 aliphatic heterocycles. The normalized spacial score (nSPS) is 24.4. The number of anilines is 1. The van der Waals surface area contributed by atoms with Crippen molar-refractivity contribution in [1.82, 2.24) is 4.57 Å². The topological polar surface area (TPSA) is 88.6 Å². The minimum atomic E-state index is -1.28. The molecule has 1 aromatic carbocycles. The van der Waals surface area contributed by atoms with Crippen LogP contribution in [0.4, 0.5) is 10.1 Å². The fraction of sp³-hybridized carbons (Fsp3) is 0.429. The van der Waals surface area contributed by atoms with Crippen LogP contribution in [0.15, 0.2) is 34.8 Å². The summed E-state index contributed by atoms with van der Waals surface area (Å²) >= 11 is 0. The maximum atomic E-state index is 15.0. The summed E-state index contributed by atoms with van der Waals surface area (Å²) in [4.78, 5) is 26.1. The second kappa shape index (κ2) is 6.17. The van der Waals surface area contributed by atoms with Gasteiger partial charge in [0.1, 0.15) is 11.4 Å². The predicted octanol–water partition coefficient (Wildman–Crippen LogP) is 2.66. The van der Waals surface area contributed by atoms with Gasteiger partial charge in [-0.05, 0) is 43.4 Å². The highest BCUT2D eigenvalue weighted by molar-refractivity contribution is 5.93. The van der Waals surface area contributed by atoms with Crippen molar-refractivity contribution in [2.24, 2.45) is 11.7 Å². The molecule has 5 rings (SSSR count). The lowest BCUT2D eigenvalue weighted by Gasteiger charge is -2.24. The Morgan fingerprint density at radius 3 is 2.71 bits per heavy atom. The zero-order valence-electron chi connectivity index (χ0n) is 15.4. The average Bonchev–Trinajstić information content (AvgIpc) is 3.40. The molecule has 2 fully saturated rings. The van der Waals surface area contributed by atoms with E-state index in [4.69, 9.17) is 5.73 Å². The summed E-state index contributed by atoms with van der Waals surface area (Å²) in [6.07, 6.45) is 7.39. The van der Waals surface area contributed by atoms with Crippen LogP contribution in [0.2, 0.25) is 0 Å². The van der Waals surface area contributed by atoms with Gasteiger partial charge in [-0.15, -0.1) is 0 Å². The first kappa shape index (κ1) is 17.4. The van der Waals surface area contributed by atoms with Crippen molar-refractivity contribution >= 4 is 22.6 Å².